The number of aromatic nitrogens is 4. The normalized spacial score (nSPS) is 21.4. The molecule has 44 heavy (non-hydrogen) atoms. The summed E-state index contributed by atoms with van der Waals surface area (Å²) in [7, 11) is 1.84. The minimum Gasteiger partial charge on any atom is -0.288 e. The van der Waals surface area contributed by atoms with E-state index in [1.54, 1.807) is 4.68 Å². The van der Waals surface area contributed by atoms with Crippen molar-refractivity contribution in [1.82, 2.24) is 19.6 Å². The zero-order valence-electron chi connectivity index (χ0n) is 25.2. The van der Waals surface area contributed by atoms with Crippen LogP contribution in [0.15, 0.2) is 102 Å². The van der Waals surface area contributed by atoms with E-state index in [4.69, 9.17) is 0 Å². The molecule has 3 atom stereocenters. The summed E-state index contributed by atoms with van der Waals surface area (Å²) < 4.78 is 48.0. The minimum atomic E-state index is -4.73. The lowest BCUT2D eigenvalue weighted by atomic mass is 9.63. The number of benzene rings is 3. The maximum absolute atomic E-state index is 15.0. The molecule has 0 saturated heterocycles. The second-order valence-electron chi connectivity index (χ2n) is 13.1. The number of H-pyrrole nitrogens is 1. The molecule has 5 nitrogen and oxygen atoms in total. The highest BCUT2D eigenvalue weighted by Gasteiger charge is 2.63. The third-order valence-corrected chi connectivity index (χ3v) is 11.0. The summed E-state index contributed by atoms with van der Waals surface area (Å²) in [5, 5.41) is 6.22. The number of rotatable bonds is 6. The molecule has 0 radical (unpaired) electrons. The van der Waals surface area contributed by atoms with E-state index in [1.165, 1.54) is 6.20 Å². The number of hydrogen-bond acceptors (Lipinski definition) is 2. The third-order valence-electron chi connectivity index (χ3n) is 11.0. The Morgan fingerprint density at radius 1 is 0.864 bits per heavy atom. The Bertz CT molecular complexity index is 1790. The van der Waals surface area contributed by atoms with Gasteiger partial charge in [-0.25, -0.2) is 4.68 Å². The second kappa shape index (κ2) is 9.58. The predicted octanol–water partition coefficient (Wildman–Crippen LogP) is 7.73. The molecular weight excluding hydrogens is 561 g/mol. The molecule has 2 heterocycles. The Morgan fingerprint density at radius 3 is 1.82 bits per heavy atom. The van der Waals surface area contributed by atoms with Crippen LogP contribution in [0.25, 0.3) is 0 Å². The highest BCUT2D eigenvalue weighted by Crippen LogP contribution is 2.67. The van der Waals surface area contributed by atoms with Gasteiger partial charge in [0.15, 0.2) is 0 Å². The SMILES string of the molecule is Cn1c2c(c(=O)n1C(c1cn[nH]c1C(F)(F)F)C(c1ccccc1)(c1ccccc1)c1ccccc1)[C@@H]1CC[C@@]2(C)C1(C)C. The molecule has 2 aliphatic rings. The van der Waals surface area contributed by atoms with E-state index in [-0.39, 0.29) is 27.9 Å². The fourth-order valence-electron chi connectivity index (χ4n) is 8.69. The monoisotopic (exact) mass is 596 g/mol. The van der Waals surface area contributed by atoms with Gasteiger partial charge in [-0.2, -0.15) is 18.3 Å². The summed E-state index contributed by atoms with van der Waals surface area (Å²) in [6, 6.07) is 27.5. The van der Waals surface area contributed by atoms with Crippen molar-refractivity contribution in [3.63, 3.8) is 0 Å². The van der Waals surface area contributed by atoms with E-state index in [1.807, 2.05) is 103 Å². The van der Waals surface area contributed by atoms with Crippen LogP contribution in [0, 0.1) is 5.41 Å². The summed E-state index contributed by atoms with van der Waals surface area (Å²) in [5.74, 6) is 0.0223. The lowest BCUT2D eigenvalue weighted by Crippen LogP contribution is -2.46. The lowest BCUT2D eigenvalue weighted by molar-refractivity contribution is -0.142. The fourth-order valence-corrected chi connectivity index (χ4v) is 8.69. The molecule has 0 spiro atoms. The largest absolute Gasteiger partial charge is 0.433 e. The molecule has 2 aliphatic carbocycles. The van der Waals surface area contributed by atoms with Crippen molar-refractivity contribution in [2.24, 2.45) is 12.5 Å². The lowest BCUT2D eigenvalue weighted by Gasteiger charge is -2.44. The van der Waals surface area contributed by atoms with Gasteiger partial charge in [0.2, 0.25) is 0 Å². The number of nitrogens with zero attached hydrogens (tertiary/aromatic N) is 3. The second-order valence-corrected chi connectivity index (χ2v) is 13.1. The molecule has 7 rings (SSSR count). The van der Waals surface area contributed by atoms with Crippen LogP contribution >= 0.6 is 0 Å². The predicted molar refractivity (Wildman–Crippen MR) is 164 cm³/mol. The number of fused-ring (bicyclic) bond motifs is 5. The van der Waals surface area contributed by atoms with Gasteiger partial charge in [-0.05, 0) is 40.9 Å². The zero-order valence-corrected chi connectivity index (χ0v) is 25.2. The molecule has 1 saturated carbocycles. The van der Waals surface area contributed by atoms with E-state index >= 15 is 0 Å². The van der Waals surface area contributed by atoms with Crippen molar-refractivity contribution >= 4 is 0 Å². The number of hydrogen-bond donors (Lipinski definition) is 1. The average Bonchev–Trinajstić information content (AvgIpc) is 3.71. The summed E-state index contributed by atoms with van der Waals surface area (Å²) in [6.45, 7) is 6.63. The van der Waals surface area contributed by atoms with Crippen molar-refractivity contribution in [1.29, 1.82) is 0 Å². The van der Waals surface area contributed by atoms with Crippen LogP contribution in [0.1, 0.15) is 84.8 Å². The Hall–Kier alpha value is -4.33. The summed E-state index contributed by atoms with van der Waals surface area (Å²) in [4.78, 5) is 15.0. The van der Waals surface area contributed by atoms with Crippen molar-refractivity contribution in [2.75, 3.05) is 0 Å². The molecule has 3 aromatic carbocycles. The summed E-state index contributed by atoms with van der Waals surface area (Å²) >= 11 is 0. The van der Waals surface area contributed by atoms with Crippen LogP contribution in [0.5, 0.6) is 0 Å². The molecule has 0 aliphatic heterocycles. The van der Waals surface area contributed by atoms with Gasteiger partial charge in [-0.3, -0.25) is 14.6 Å². The van der Waals surface area contributed by atoms with Crippen molar-refractivity contribution in [3.05, 3.63) is 147 Å². The van der Waals surface area contributed by atoms with Crippen LogP contribution in [0.4, 0.5) is 13.2 Å². The average molecular weight is 597 g/mol. The van der Waals surface area contributed by atoms with E-state index in [9.17, 15) is 18.0 Å². The maximum atomic E-state index is 15.0. The van der Waals surface area contributed by atoms with Gasteiger partial charge in [0.1, 0.15) is 11.7 Å². The molecule has 1 N–H and O–H groups in total. The van der Waals surface area contributed by atoms with Crippen molar-refractivity contribution in [3.8, 4) is 0 Å². The van der Waals surface area contributed by atoms with Gasteiger partial charge in [0.25, 0.3) is 5.56 Å². The van der Waals surface area contributed by atoms with Crippen LogP contribution in [-0.2, 0) is 24.1 Å². The fraction of sp³-hybridized carbons (Fsp3) is 0.333. The first kappa shape index (κ1) is 28.4. The van der Waals surface area contributed by atoms with Crippen LogP contribution in [-0.4, -0.2) is 19.6 Å². The van der Waals surface area contributed by atoms with Gasteiger partial charge >= 0.3 is 6.18 Å². The first-order chi connectivity index (χ1) is 21.0. The topological polar surface area (TPSA) is 55.6 Å². The Kier molecular flexibility index (Phi) is 6.19. The molecule has 0 amide bonds. The number of halogens is 3. The van der Waals surface area contributed by atoms with E-state index in [2.05, 4.69) is 31.0 Å². The molecular formula is C36H35F3N4O. The molecule has 1 fully saturated rings. The standard InChI is InChI=1S/C36H35F3N4O/c1-33(2)27-20-21-34(33,3)31-28(27)32(44)43(42(31)4)30(26-22-40-41-29(26)36(37,38)39)35(23-14-8-5-9-15-23,24-16-10-6-11-17-24)25-18-12-7-13-19-25/h5-19,22,27,30H,20-21H2,1-4H3,(H,40,41)/t27-,30?,34+/m0/s1. The smallest absolute Gasteiger partial charge is 0.288 e. The van der Waals surface area contributed by atoms with E-state index in [0.717, 1.165) is 40.8 Å². The highest BCUT2D eigenvalue weighted by molar-refractivity contribution is 5.56. The molecule has 8 heteroatoms. The third kappa shape index (κ3) is 3.60. The molecule has 1 unspecified atom stereocenters. The molecule has 226 valence electrons. The number of nitrogens with one attached hydrogen (secondary N) is 1. The summed E-state index contributed by atoms with van der Waals surface area (Å²) in [5.41, 5.74) is 0.955. The molecule has 2 bridgehead atoms. The van der Waals surface area contributed by atoms with Crippen LogP contribution in [0.3, 0.4) is 0 Å². The number of aromatic amines is 1. The number of alkyl halides is 3. The Labute approximate surface area is 254 Å². The van der Waals surface area contributed by atoms with Crippen LogP contribution < -0.4 is 5.56 Å². The van der Waals surface area contributed by atoms with E-state index < -0.39 is 23.3 Å². The van der Waals surface area contributed by atoms with Crippen LogP contribution in [0.2, 0.25) is 0 Å². The Balaban J connectivity index is 1.68. The summed E-state index contributed by atoms with van der Waals surface area (Å²) in [6.07, 6.45) is -1.69. The maximum Gasteiger partial charge on any atom is 0.433 e. The quantitative estimate of drug-likeness (QED) is 0.204. The highest BCUT2D eigenvalue weighted by atomic mass is 19.4. The van der Waals surface area contributed by atoms with Gasteiger partial charge < -0.3 is 0 Å². The van der Waals surface area contributed by atoms with Gasteiger partial charge in [-0.1, -0.05) is 112 Å². The van der Waals surface area contributed by atoms with Gasteiger partial charge in [-0.15, -0.1) is 0 Å². The van der Waals surface area contributed by atoms with E-state index in [0.29, 0.717) is 0 Å². The first-order valence-electron chi connectivity index (χ1n) is 15.0. The van der Waals surface area contributed by atoms with Crippen molar-refractivity contribution < 1.29 is 13.2 Å². The van der Waals surface area contributed by atoms with Gasteiger partial charge in [0, 0.05) is 23.6 Å². The molecule has 2 aromatic heterocycles. The molecule has 5 aromatic rings. The minimum absolute atomic E-state index is 0.0223. The Morgan fingerprint density at radius 2 is 1.36 bits per heavy atom. The van der Waals surface area contributed by atoms with Crippen molar-refractivity contribution in [2.45, 2.75) is 62.6 Å². The van der Waals surface area contributed by atoms with Gasteiger partial charge in [0.05, 0.1) is 17.3 Å². The zero-order chi connectivity index (χ0) is 31.1. The first-order valence-corrected chi connectivity index (χ1v) is 15.0.